The Morgan fingerprint density at radius 2 is 2.31 bits per heavy atom. The van der Waals surface area contributed by atoms with E-state index in [4.69, 9.17) is 22.6 Å². The Labute approximate surface area is 103 Å². The summed E-state index contributed by atoms with van der Waals surface area (Å²) >= 11 is 7.39. The second-order valence-corrected chi connectivity index (χ2v) is 5.05. The molecule has 0 amide bonds. The zero-order valence-corrected chi connectivity index (χ0v) is 10.0. The fraction of sp³-hybridized carbons (Fsp3) is 0.182. The van der Waals surface area contributed by atoms with Gasteiger partial charge in [-0.1, -0.05) is 11.6 Å². The number of aromatic nitrogens is 1. The van der Waals surface area contributed by atoms with Crippen LogP contribution < -0.4 is 5.73 Å². The van der Waals surface area contributed by atoms with Crippen molar-refractivity contribution in [1.82, 2.24) is 4.57 Å². The van der Waals surface area contributed by atoms with Crippen molar-refractivity contribution in [1.29, 1.82) is 5.26 Å². The molecule has 0 radical (unpaired) electrons. The molecule has 0 aliphatic rings. The van der Waals surface area contributed by atoms with Crippen molar-refractivity contribution in [2.24, 2.45) is 5.73 Å². The van der Waals surface area contributed by atoms with Gasteiger partial charge in [-0.15, -0.1) is 11.3 Å². The van der Waals surface area contributed by atoms with E-state index in [1.807, 2.05) is 29.0 Å². The van der Waals surface area contributed by atoms with Crippen molar-refractivity contribution >= 4 is 22.9 Å². The monoisotopic (exact) mass is 251 g/mol. The Hall–Kier alpha value is -1.28. The highest BCUT2D eigenvalue weighted by Gasteiger charge is 2.16. The van der Waals surface area contributed by atoms with Crippen molar-refractivity contribution in [3.05, 3.63) is 45.4 Å². The number of thiophene rings is 1. The average Bonchev–Trinajstić information content (AvgIpc) is 2.89. The van der Waals surface area contributed by atoms with Crippen LogP contribution in [0, 0.1) is 11.3 Å². The summed E-state index contributed by atoms with van der Waals surface area (Å²) in [6, 6.07) is 9.55. The number of nitriles is 1. The van der Waals surface area contributed by atoms with Crippen molar-refractivity contribution in [2.75, 3.05) is 6.54 Å². The molecule has 1 atom stereocenters. The smallest absolute Gasteiger partial charge is 0.120 e. The molecular weight excluding hydrogens is 242 g/mol. The number of hydrogen-bond donors (Lipinski definition) is 1. The van der Waals surface area contributed by atoms with Gasteiger partial charge >= 0.3 is 0 Å². The summed E-state index contributed by atoms with van der Waals surface area (Å²) in [7, 11) is 0. The highest BCUT2D eigenvalue weighted by molar-refractivity contribution is 7.16. The fourth-order valence-electron chi connectivity index (χ4n) is 1.63. The molecule has 0 aliphatic heterocycles. The second-order valence-electron chi connectivity index (χ2n) is 3.31. The van der Waals surface area contributed by atoms with E-state index in [1.54, 1.807) is 6.07 Å². The first kappa shape index (κ1) is 11.2. The lowest BCUT2D eigenvalue weighted by Crippen LogP contribution is -2.19. The second kappa shape index (κ2) is 4.71. The molecule has 0 saturated heterocycles. The minimum Gasteiger partial charge on any atom is -0.330 e. The molecule has 16 heavy (non-hydrogen) atoms. The highest BCUT2D eigenvalue weighted by atomic mass is 35.5. The Kier molecular flexibility index (Phi) is 3.30. The molecule has 2 aromatic rings. The Balaban J connectivity index is 2.41. The van der Waals surface area contributed by atoms with E-state index >= 15 is 0 Å². The highest BCUT2D eigenvalue weighted by Crippen LogP contribution is 2.29. The summed E-state index contributed by atoms with van der Waals surface area (Å²) in [5.74, 6) is 0. The maximum atomic E-state index is 8.97. The molecule has 2 aromatic heterocycles. The van der Waals surface area contributed by atoms with Gasteiger partial charge < -0.3 is 10.3 Å². The van der Waals surface area contributed by atoms with Crippen molar-refractivity contribution in [3.8, 4) is 6.07 Å². The molecular formula is C11H10ClN3S. The predicted octanol–water partition coefficient (Wildman–Crippen LogP) is 2.62. The molecule has 2 N–H and O–H groups in total. The Morgan fingerprint density at radius 1 is 1.50 bits per heavy atom. The van der Waals surface area contributed by atoms with Gasteiger partial charge in [0.1, 0.15) is 11.8 Å². The van der Waals surface area contributed by atoms with Crippen LogP contribution >= 0.6 is 22.9 Å². The van der Waals surface area contributed by atoms with Gasteiger partial charge in [-0.25, -0.2) is 0 Å². The number of hydrogen-bond acceptors (Lipinski definition) is 3. The van der Waals surface area contributed by atoms with E-state index < -0.39 is 0 Å². The summed E-state index contributed by atoms with van der Waals surface area (Å²) in [5, 5.41) is 8.97. The molecule has 0 aromatic carbocycles. The minimum atomic E-state index is -0.0119. The van der Waals surface area contributed by atoms with Gasteiger partial charge in [0.05, 0.1) is 10.4 Å². The third-order valence-corrected chi connectivity index (χ3v) is 3.71. The van der Waals surface area contributed by atoms with Crippen molar-refractivity contribution in [3.63, 3.8) is 0 Å². The van der Waals surface area contributed by atoms with Gasteiger partial charge in [0.15, 0.2) is 0 Å². The van der Waals surface area contributed by atoms with Crippen LogP contribution in [0.25, 0.3) is 0 Å². The van der Waals surface area contributed by atoms with Gasteiger partial charge in [0.25, 0.3) is 0 Å². The molecule has 2 heterocycles. The van der Waals surface area contributed by atoms with E-state index in [0.29, 0.717) is 12.2 Å². The zero-order valence-electron chi connectivity index (χ0n) is 8.43. The lowest BCUT2D eigenvalue weighted by molar-refractivity contribution is 0.602. The van der Waals surface area contributed by atoms with E-state index in [0.717, 1.165) is 9.21 Å². The standard InChI is InChI=1S/C11H10ClN3S/c12-11-4-3-10(16-11)9(7-14)15-5-1-2-8(15)6-13/h1-5,9H,7,14H2. The predicted molar refractivity (Wildman–Crippen MR) is 65.7 cm³/mol. The van der Waals surface area contributed by atoms with E-state index in [2.05, 4.69) is 6.07 Å². The van der Waals surface area contributed by atoms with E-state index in [9.17, 15) is 0 Å². The number of nitrogens with zero attached hydrogens (tertiary/aromatic N) is 2. The van der Waals surface area contributed by atoms with Gasteiger partial charge in [0, 0.05) is 17.6 Å². The lowest BCUT2D eigenvalue weighted by atomic mass is 10.2. The van der Waals surface area contributed by atoms with Gasteiger partial charge in [-0.05, 0) is 24.3 Å². The largest absolute Gasteiger partial charge is 0.330 e. The van der Waals surface area contributed by atoms with Crippen LogP contribution in [0.4, 0.5) is 0 Å². The van der Waals surface area contributed by atoms with Crippen LogP contribution in [0.3, 0.4) is 0 Å². The van der Waals surface area contributed by atoms with Crippen LogP contribution in [-0.2, 0) is 0 Å². The van der Waals surface area contributed by atoms with Crippen LogP contribution in [0.15, 0.2) is 30.5 Å². The van der Waals surface area contributed by atoms with Crippen LogP contribution in [0.1, 0.15) is 16.6 Å². The van der Waals surface area contributed by atoms with Crippen LogP contribution in [0.2, 0.25) is 4.34 Å². The number of rotatable bonds is 3. The molecule has 0 aliphatic carbocycles. The first-order chi connectivity index (χ1) is 7.76. The molecule has 5 heteroatoms. The van der Waals surface area contributed by atoms with E-state index in [1.165, 1.54) is 11.3 Å². The van der Waals surface area contributed by atoms with Gasteiger partial charge in [0.2, 0.25) is 0 Å². The minimum absolute atomic E-state index is 0.0119. The average molecular weight is 252 g/mol. The maximum absolute atomic E-state index is 8.97. The topological polar surface area (TPSA) is 54.7 Å². The molecule has 0 bridgehead atoms. The zero-order chi connectivity index (χ0) is 11.5. The Morgan fingerprint density at radius 3 is 2.88 bits per heavy atom. The molecule has 1 unspecified atom stereocenters. The van der Waals surface area contributed by atoms with Gasteiger partial charge in [-0.2, -0.15) is 5.26 Å². The molecule has 0 fully saturated rings. The molecule has 0 spiro atoms. The Bertz CT molecular complexity index is 523. The summed E-state index contributed by atoms with van der Waals surface area (Å²) in [6.45, 7) is 0.445. The molecule has 2 rings (SSSR count). The summed E-state index contributed by atoms with van der Waals surface area (Å²) in [6.07, 6.45) is 1.86. The number of nitrogens with two attached hydrogens (primary N) is 1. The molecule has 0 saturated carbocycles. The first-order valence-corrected chi connectivity index (χ1v) is 5.98. The SMILES string of the molecule is N#Cc1cccn1C(CN)c1ccc(Cl)s1. The van der Waals surface area contributed by atoms with E-state index in [-0.39, 0.29) is 6.04 Å². The normalized spacial score (nSPS) is 12.3. The number of halogens is 1. The maximum Gasteiger partial charge on any atom is 0.120 e. The molecule has 3 nitrogen and oxygen atoms in total. The summed E-state index contributed by atoms with van der Waals surface area (Å²) < 4.78 is 2.61. The first-order valence-electron chi connectivity index (χ1n) is 4.78. The van der Waals surface area contributed by atoms with Crippen LogP contribution in [0.5, 0.6) is 0 Å². The quantitative estimate of drug-likeness (QED) is 0.912. The molecule has 82 valence electrons. The van der Waals surface area contributed by atoms with Gasteiger partial charge in [-0.3, -0.25) is 0 Å². The fourth-order valence-corrected chi connectivity index (χ4v) is 2.81. The van der Waals surface area contributed by atoms with Crippen molar-refractivity contribution in [2.45, 2.75) is 6.04 Å². The van der Waals surface area contributed by atoms with Crippen LogP contribution in [-0.4, -0.2) is 11.1 Å². The third-order valence-electron chi connectivity index (χ3n) is 2.37. The summed E-state index contributed by atoms with van der Waals surface area (Å²) in [5.41, 5.74) is 6.37. The van der Waals surface area contributed by atoms with Crippen molar-refractivity contribution < 1.29 is 0 Å². The third kappa shape index (κ3) is 1.98. The lowest BCUT2D eigenvalue weighted by Gasteiger charge is -2.16. The summed E-state index contributed by atoms with van der Waals surface area (Å²) in [4.78, 5) is 1.07.